The van der Waals surface area contributed by atoms with Gasteiger partial charge >= 0.3 is 0 Å². The van der Waals surface area contributed by atoms with Gasteiger partial charge in [-0.1, -0.05) is 0 Å². The molecule has 0 bridgehead atoms. The van der Waals surface area contributed by atoms with Crippen molar-refractivity contribution in [2.45, 2.75) is 12.8 Å². The third kappa shape index (κ3) is 4.52. The lowest BCUT2D eigenvalue weighted by molar-refractivity contribution is -0.144. The number of hydrogen-bond acceptors (Lipinski definition) is 5. The van der Waals surface area contributed by atoms with Crippen molar-refractivity contribution in [3.8, 4) is 11.8 Å². The molecule has 1 aromatic rings. The van der Waals surface area contributed by atoms with Crippen molar-refractivity contribution in [2.75, 3.05) is 46.0 Å². The summed E-state index contributed by atoms with van der Waals surface area (Å²) in [6, 6.07) is 8.69. The van der Waals surface area contributed by atoms with E-state index in [-0.39, 0.29) is 24.3 Å². The zero-order valence-corrected chi connectivity index (χ0v) is 14.7. The van der Waals surface area contributed by atoms with Gasteiger partial charge in [-0.2, -0.15) is 5.26 Å². The molecule has 3 rings (SSSR count). The molecule has 2 heterocycles. The van der Waals surface area contributed by atoms with Crippen LogP contribution in [0.15, 0.2) is 24.3 Å². The van der Waals surface area contributed by atoms with Crippen molar-refractivity contribution in [3.63, 3.8) is 0 Å². The summed E-state index contributed by atoms with van der Waals surface area (Å²) in [5, 5.41) is 8.79. The van der Waals surface area contributed by atoms with Crippen LogP contribution in [0.4, 0.5) is 0 Å². The first-order valence-corrected chi connectivity index (χ1v) is 8.94. The monoisotopic (exact) mass is 357 g/mol. The van der Waals surface area contributed by atoms with E-state index >= 15 is 0 Å². The SMILES string of the molecule is N#Cc1ccc(OCC(=O)N2CCCC(C(=O)N3CCOCC3)C2)cc1. The summed E-state index contributed by atoms with van der Waals surface area (Å²) in [4.78, 5) is 28.6. The highest BCUT2D eigenvalue weighted by Gasteiger charge is 2.31. The number of nitriles is 1. The highest BCUT2D eigenvalue weighted by atomic mass is 16.5. The first-order chi connectivity index (χ1) is 12.7. The second-order valence-electron chi connectivity index (χ2n) is 6.54. The third-order valence-corrected chi connectivity index (χ3v) is 4.79. The molecule has 26 heavy (non-hydrogen) atoms. The summed E-state index contributed by atoms with van der Waals surface area (Å²) in [6.45, 7) is 3.47. The molecule has 0 N–H and O–H groups in total. The fourth-order valence-corrected chi connectivity index (χ4v) is 3.31. The first-order valence-electron chi connectivity index (χ1n) is 8.94. The summed E-state index contributed by atoms with van der Waals surface area (Å²) < 4.78 is 10.8. The molecule has 2 aliphatic heterocycles. The summed E-state index contributed by atoms with van der Waals surface area (Å²) in [6.07, 6.45) is 1.64. The highest BCUT2D eigenvalue weighted by molar-refractivity contribution is 5.82. The predicted octanol–water partition coefficient (Wildman–Crippen LogP) is 1.03. The Morgan fingerprint density at radius 3 is 2.58 bits per heavy atom. The molecule has 138 valence electrons. The fourth-order valence-electron chi connectivity index (χ4n) is 3.31. The molecule has 1 aromatic carbocycles. The molecule has 7 nitrogen and oxygen atoms in total. The van der Waals surface area contributed by atoms with Crippen molar-refractivity contribution >= 4 is 11.8 Å². The topological polar surface area (TPSA) is 82.9 Å². The Morgan fingerprint density at radius 2 is 1.88 bits per heavy atom. The molecule has 1 unspecified atom stereocenters. The predicted molar refractivity (Wildman–Crippen MR) is 93.4 cm³/mol. The van der Waals surface area contributed by atoms with Gasteiger partial charge < -0.3 is 19.3 Å². The number of rotatable bonds is 4. The van der Waals surface area contributed by atoms with E-state index in [1.54, 1.807) is 29.2 Å². The van der Waals surface area contributed by atoms with Crippen molar-refractivity contribution in [1.82, 2.24) is 9.80 Å². The van der Waals surface area contributed by atoms with Crippen LogP contribution in [0, 0.1) is 17.2 Å². The average molecular weight is 357 g/mol. The minimum absolute atomic E-state index is 0.0651. The maximum atomic E-state index is 12.6. The molecule has 0 radical (unpaired) electrons. The second kappa shape index (κ2) is 8.68. The van der Waals surface area contributed by atoms with Crippen molar-refractivity contribution < 1.29 is 19.1 Å². The number of likely N-dealkylation sites (tertiary alicyclic amines) is 1. The lowest BCUT2D eigenvalue weighted by Crippen LogP contribution is -2.50. The molecule has 0 spiro atoms. The number of carbonyl (C=O) groups is 2. The van der Waals surface area contributed by atoms with Crippen molar-refractivity contribution in [3.05, 3.63) is 29.8 Å². The normalized spacial score (nSPS) is 20.3. The number of benzene rings is 1. The van der Waals surface area contributed by atoms with Crippen LogP contribution in [0.5, 0.6) is 5.75 Å². The van der Waals surface area contributed by atoms with Crippen molar-refractivity contribution in [1.29, 1.82) is 5.26 Å². The Kier molecular flexibility index (Phi) is 6.08. The summed E-state index contributed by atoms with van der Waals surface area (Å²) in [5.74, 6) is 0.420. The molecule has 1 atom stereocenters. The molecule has 2 aliphatic rings. The van der Waals surface area contributed by atoms with E-state index in [0.29, 0.717) is 50.7 Å². The molecule has 0 aliphatic carbocycles. The van der Waals surface area contributed by atoms with Gasteiger partial charge in [-0.15, -0.1) is 0 Å². The molecular weight excluding hydrogens is 334 g/mol. The van der Waals surface area contributed by atoms with E-state index in [2.05, 4.69) is 0 Å². The minimum atomic E-state index is -0.138. The molecule has 2 fully saturated rings. The summed E-state index contributed by atoms with van der Waals surface area (Å²) in [7, 11) is 0. The van der Waals surface area contributed by atoms with Crippen LogP contribution in [0.25, 0.3) is 0 Å². The number of amides is 2. The number of piperidine rings is 1. The molecule has 2 saturated heterocycles. The lowest BCUT2D eigenvalue weighted by Gasteiger charge is -2.36. The van der Waals surface area contributed by atoms with Gasteiger partial charge in [-0.25, -0.2) is 0 Å². The van der Waals surface area contributed by atoms with Gasteiger partial charge in [0.25, 0.3) is 5.91 Å². The number of carbonyl (C=O) groups excluding carboxylic acids is 2. The zero-order chi connectivity index (χ0) is 18.4. The van der Waals surface area contributed by atoms with Crippen LogP contribution in [0.3, 0.4) is 0 Å². The summed E-state index contributed by atoms with van der Waals surface area (Å²) >= 11 is 0. The van der Waals surface area contributed by atoms with E-state index in [1.807, 2.05) is 11.0 Å². The number of morpholine rings is 1. The minimum Gasteiger partial charge on any atom is -0.484 e. The van der Waals surface area contributed by atoms with Gasteiger partial charge in [-0.05, 0) is 37.1 Å². The molecule has 0 saturated carbocycles. The maximum Gasteiger partial charge on any atom is 0.260 e. The zero-order valence-electron chi connectivity index (χ0n) is 14.7. The Morgan fingerprint density at radius 1 is 1.15 bits per heavy atom. The molecule has 2 amide bonds. The van der Waals surface area contributed by atoms with Crippen LogP contribution in [0.2, 0.25) is 0 Å². The van der Waals surface area contributed by atoms with Crippen LogP contribution in [-0.4, -0.2) is 67.6 Å². The summed E-state index contributed by atoms with van der Waals surface area (Å²) in [5.41, 5.74) is 0.546. The Labute approximate surface area is 153 Å². The molecular formula is C19H23N3O4. The smallest absolute Gasteiger partial charge is 0.260 e. The number of nitrogens with zero attached hydrogens (tertiary/aromatic N) is 3. The van der Waals surface area contributed by atoms with Crippen LogP contribution in [-0.2, 0) is 14.3 Å². The van der Waals surface area contributed by atoms with E-state index in [9.17, 15) is 9.59 Å². The van der Waals surface area contributed by atoms with Gasteiger partial charge in [0.05, 0.1) is 30.8 Å². The van der Waals surface area contributed by atoms with E-state index < -0.39 is 0 Å². The number of hydrogen-bond donors (Lipinski definition) is 0. The molecule has 7 heteroatoms. The number of ether oxygens (including phenoxy) is 2. The van der Waals surface area contributed by atoms with E-state index in [4.69, 9.17) is 14.7 Å². The lowest BCUT2D eigenvalue weighted by atomic mass is 9.96. The van der Waals surface area contributed by atoms with E-state index in [0.717, 1.165) is 12.8 Å². The van der Waals surface area contributed by atoms with Gasteiger partial charge in [-0.3, -0.25) is 9.59 Å². The highest BCUT2D eigenvalue weighted by Crippen LogP contribution is 2.20. The quantitative estimate of drug-likeness (QED) is 0.804. The van der Waals surface area contributed by atoms with Gasteiger partial charge in [0.1, 0.15) is 5.75 Å². The average Bonchev–Trinajstić information content (AvgIpc) is 2.72. The second-order valence-corrected chi connectivity index (χ2v) is 6.54. The van der Waals surface area contributed by atoms with Crippen LogP contribution in [0.1, 0.15) is 18.4 Å². The largest absolute Gasteiger partial charge is 0.484 e. The van der Waals surface area contributed by atoms with Gasteiger partial charge in [0, 0.05) is 26.2 Å². The van der Waals surface area contributed by atoms with Gasteiger partial charge in [0.15, 0.2) is 6.61 Å². The van der Waals surface area contributed by atoms with Crippen LogP contribution < -0.4 is 4.74 Å². The fraction of sp³-hybridized carbons (Fsp3) is 0.526. The Balaban J connectivity index is 1.50. The van der Waals surface area contributed by atoms with Crippen LogP contribution >= 0.6 is 0 Å². The third-order valence-electron chi connectivity index (χ3n) is 4.79. The van der Waals surface area contributed by atoms with Crippen molar-refractivity contribution in [2.24, 2.45) is 5.92 Å². The van der Waals surface area contributed by atoms with E-state index in [1.165, 1.54) is 0 Å². The molecule has 0 aromatic heterocycles. The maximum absolute atomic E-state index is 12.6. The standard InChI is InChI=1S/C19H23N3O4/c20-12-15-3-5-17(6-4-15)26-14-18(23)22-7-1-2-16(13-22)19(24)21-8-10-25-11-9-21/h3-6,16H,1-2,7-11,13-14H2. The Bertz CT molecular complexity index is 677. The first kappa shape index (κ1) is 18.2. The van der Waals surface area contributed by atoms with Gasteiger partial charge in [0.2, 0.25) is 5.91 Å². The Hall–Kier alpha value is -2.59.